The molecule has 1 saturated heterocycles. The van der Waals surface area contributed by atoms with Crippen molar-refractivity contribution >= 4 is 34.2 Å². The normalized spacial score (nSPS) is 21.8. The van der Waals surface area contributed by atoms with Crippen molar-refractivity contribution in [2.45, 2.75) is 38.3 Å². The Kier molecular flexibility index (Phi) is 3.82. The van der Waals surface area contributed by atoms with Crippen LogP contribution in [0.1, 0.15) is 42.6 Å². The second-order valence-electron chi connectivity index (χ2n) is 7.28. The van der Waals surface area contributed by atoms with Crippen molar-refractivity contribution in [1.82, 2.24) is 14.8 Å². The molecule has 6 heteroatoms. The van der Waals surface area contributed by atoms with Gasteiger partial charge in [0.1, 0.15) is 12.1 Å². The van der Waals surface area contributed by atoms with E-state index in [4.69, 9.17) is 0 Å². The third-order valence-electron chi connectivity index (χ3n) is 5.73. The van der Waals surface area contributed by atoms with Gasteiger partial charge >= 0.3 is 6.03 Å². The number of nitrogens with one attached hydrogen (secondary N) is 1. The number of nitrogens with zero attached hydrogens (tertiary/aromatic N) is 2. The van der Waals surface area contributed by atoms with Gasteiger partial charge in [-0.2, -0.15) is 11.3 Å². The number of carbonyl (C=O) groups is 2. The van der Waals surface area contributed by atoms with E-state index >= 15 is 0 Å². The number of imide groups is 1. The standard InChI is InChI=1S/C21H21N3O2S/c1-2-3-9-23-20(25)17-11-15-14-6-4-5-7-16(14)22-18(15)19(24(17)21(23)26)13-8-10-27-12-13/h4-8,10,12,17,19,22H,2-3,9,11H2,1H3/t17-,19-/m0/s1. The minimum Gasteiger partial charge on any atom is -0.356 e. The van der Waals surface area contributed by atoms with Crippen LogP contribution in [0.15, 0.2) is 41.1 Å². The van der Waals surface area contributed by atoms with Gasteiger partial charge in [0.05, 0.1) is 0 Å². The van der Waals surface area contributed by atoms with E-state index in [1.165, 1.54) is 10.5 Å². The van der Waals surface area contributed by atoms with Gasteiger partial charge in [-0.15, -0.1) is 0 Å². The molecule has 0 bridgehead atoms. The third kappa shape index (κ3) is 2.36. The number of hydrogen-bond acceptors (Lipinski definition) is 3. The van der Waals surface area contributed by atoms with E-state index in [1.54, 1.807) is 16.2 Å². The SMILES string of the molecule is CCCCN1C(=O)[C@@H]2Cc3c([nH]c4ccccc34)[C@H](c3ccsc3)N2C1=O. The first-order valence-electron chi connectivity index (χ1n) is 9.46. The molecule has 4 heterocycles. The van der Waals surface area contributed by atoms with Crippen molar-refractivity contribution < 1.29 is 9.59 Å². The van der Waals surface area contributed by atoms with Crippen LogP contribution in [0, 0.1) is 0 Å². The maximum absolute atomic E-state index is 13.2. The quantitative estimate of drug-likeness (QED) is 0.687. The minimum absolute atomic E-state index is 0.0513. The molecule has 5 rings (SSSR count). The van der Waals surface area contributed by atoms with E-state index < -0.39 is 6.04 Å². The number of aromatic nitrogens is 1. The number of aromatic amines is 1. The lowest BCUT2D eigenvalue weighted by atomic mass is 9.90. The Balaban J connectivity index is 1.67. The molecule has 3 aromatic rings. The summed E-state index contributed by atoms with van der Waals surface area (Å²) in [6.07, 6.45) is 2.38. The molecule has 0 spiro atoms. The minimum atomic E-state index is -0.411. The van der Waals surface area contributed by atoms with Gasteiger partial charge in [0.25, 0.3) is 5.91 Å². The van der Waals surface area contributed by atoms with Crippen LogP contribution in [0.25, 0.3) is 10.9 Å². The zero-order valence-electron chi connectivity index (χ0n) is 15.1. The van der Waals surface area contributed by atoms with E-state index in [0.29, 0.717) is 13.0 Å². The molecule has 5 nitrogen and oxygen atoms in total. The van der Waals surface area contributed by atoms with E-state index in [0.717, 1.165) is 35.0 Å². The Morgan fingerprint density at radius 1 is 1.22 bits per heavy atom. The van der Waals surface area contributed by atoms with Crippen molar-refractivity contribution in [3.63, 3.8) is 0 Å². The van der Waals surface area contributed by atoms with E-state index in [1.807, 2.05) is 17.5 Å². The summed E-state index contributed by atoms with van der Waals surface area (Å²) < 4.78 is 0. The highest BCUT2D eigenvalue weighted by molar-refractivity contribution is 7.08. The number of fused-ring (bicyclic) bond motifs is 4. The molecule has 1 aromatic carbocycles. The summed E-state index contributed by atoms with van der Waals surface area (Å²) in [6, 6.07) is 9.44. The summed E-state index contributed by atoms with van der Waals surface area (Å²) >= 11 is 1.62. The molecule has 0 radical (unpaired) electrons. The fraction of sp³-hybridized carbons (Fsp3) is 0.333. The van der Waals surface area contributed by atoms with Crippen LogP contribution in [-0.4, -0.2) is 39.3 Å². The van der Waals surface area contributed by atoms with Gasteiger partial charge in [0.15, 0.2) is 0 Å². The van der Waals surface area contributed by atoms with Gasteiger partial charge in [-0.3, -0.25) is 14.6 Å². The molecule has 138 valence electrons. The Labute approximate surface area is 161 Å². The maximum atomic E-state index is 13.2. The number of urea groups is 1. The molecular weight excluding hydrogens is 358 g/mol. The predicted octanol–water partition coefficient (Wildman–Crippen LogP) is 4.31. The molecule has 0 aliphatic carbocycles. The second-order valence-corrected chi connectivity index (χ2v) is 8.06. The van der Waals surface area contributed by atoms with Crippen molar-refractivity contribution in [2.75, 3.05) is 6.54 Å². The highest BCUT2D eigenvalue weighted by Crippen LogP contribution is 2.44. The van der Waals surface area contributed by atoms with Crippen LogP contribution in [0.2, 0.25) is 0 Å². The highest BCUT2D eigenvalue weighted by Gasteiger charge is 2.52. The molecule has 1 N–H and O–H groups in total. The molecule has 2 aromatic heterocycles. The van der Waals surface area contributed by atoms with Crippen molar-refractivity contribution in [1.29, 1.82) is 0 Å². The number of carbonyl (C=O) groups excluding carboxylic acids is 2. The van der Waals surface area contributed by atoms with Gasteiger partial charge in [-0.25, -0.2) is 4.79 Å². The summed E-state index contributed by atoms with van der Waals surface area (Å²) in [4.78, 5) is 33.1. The van der Waals surface area contributed by atoms with E-state index in [-0.39, 0.29) is 18.0 Å². The van der Waals surface area contributed by atoms with Crippen molar-refractivity contribution in [2.24, 2.45) is 0 Å². The number of H-pyrrole nitrogens is 1. The fourth-order valence-electron chi connectivity index (χ4n) is 4.43. The van der Waals surface area contributed by atoms with E-state index in [9.17, 15) is 9.59 Å². The summed E-state index contributed by atoms with van der Waals surface area (Å²) in [7, 11) is 0. The molecule has 27 heavy (non-hydrogen) atoms. The van der Waals surface area contributed by atoms with E-state index in [2.05, 4.69) is 35.5 Å². The summed E-state index contributed by atoms with van der Waals surface area (Å²) in [5.74, 6) is -0.0513. The Morgan fingerprint density at radius 3 is 2.85 bits per heavy atom. The van der Waals surface area contributed by atoms with Crippen LogP contribution in [-0.2, 0) is 11.2 Å². The first-order chi connectivity index (χ1) is 13.2. The summed E-state index contributed by atoms with van der Waals surface area (Å²) in [6.45, 7) is 2.58. The smallest absolute Gasteiger partial charge is 0.328 e. The molecule has 2 atom stereocenters. The third-order valence-corrected chi connectivity index (χ3v) is 6.43. The topological polar surface area (TPSA) is 56.4 Å². The van der Waals surface area contributed by atoms with Gasteiger partial charge in [-0.1, -0.05) is 31.5 Å². The molecule has 2 aliphatic heterocycles. The van der Waals surface area contributed by atoms with Crippen LogP contribution >= 0.6 is 11.3 Å². The first kappa shape index (κ1) is 16.6. The molecule has 0 unspecified atom stereocenters. The molecule has 0 saturated carbocycles. The van der Waals surface area contributed by atoms with Gasteiger partial charge in [-0.05, 0) is 40.4 Å². The zero-order valence-corrected chi connectivity index (χ0v) is 16.0. The number of thiophene rings is 1. The predicted molar refractivity (Wildman–Crippen MR) is 106 cm³/mol. The first-order valence-corrected chi connectivity index (χ1v) is 10.4. The maximum Gasteiger partial charge on any atom is 0.328 e. The second kappa shape index (κ2) is 6.23. The van der Waals surface area contributed by atoms with Gasteiger partial charge in [0, 0.05) is 29.6 Å². The highest BCUT2D eigenvalue weighted by atomic mass is 32.1. The summed E-state index contributed by atoms with van der Waals surface area (Å²) in [5, 5.41) is 5.26. The van der Waals surface area contributed by atoms with Crippen LogP contribution in [0.4, 0.5) is 4.79 Å². The van der Waals surface area contributed by atoms with Crippen molar-refractivity contribution in [3.8, 4) is 0 Å². The van der Waals surface area contributed by atoms with Gasteiger partial charge in [0.2, 0.25) is 0 Å². The monoisotopic (exact) mass is 379 g/mol. The molecular formula is C21H21N3O2S. The average Bonchev–Trinajstić information content (AvgIpc) is 3.38. The number of benzene rings is 1. The molecule has 2 aliphatic rings. The summed E-state index contributed by atoms with van der Waals surface area (Å²) in [5.41, 5.74) is 4.34. The van der Waals surface area contributed by atoms with Crippen LogP contribution < -0.4 is 0 Å². The average molecular weight is 379 g/mol. The van der Waals surface area contributed by atoms with Crippen LogP contribution in [0.3, 0.4) is 0 Å². The zero-order chi connectivity index (χ0) is 18.5. The number of unbranched alkanes of at least 4 members (excludes halogenated alkanes) is 1. The molecule has 3 amide bonds. The van der Waals surface area contributed by atoms with Crippen molar-refractivity contribution in [3.05, 3.63) is 57.9 Å². The Morgan fingerprint density at radius 2 is 2.07 bits per heavy atom. The van der Waals surface area contributed by atoms with Crippen LogP contribution in [0.5, 0.6) is 0 Å². The largest absolute Gasteiger partial charge is 0.356 e. The lowest BCUT2D eigenvalue weighted by Crippen LogP contribution is -2.43. The number of rotatable bonds is 4. The number of para-hydroxylation sites is 1. The van der Waals surface area contributed by atoms with Gasteiger partial charge < -0.3 is 4.98 Å². The number of amides is 3. The molecule has 1 fully saturated rings. The fourth-order valence-corrected chi connectivity index (χ4v) is 5.11. The lowest BCUT2D eigenvalue weighted by molar-refractivity contribution is -0.128. The lowest BCUT2D eigenvalue weighted by Gasteiger charge is -2.35. The number of hydrogen-bond donors (Lipinski definition) is 1. The Hall–Kier alpha value is -2.60. The Bertz CT molecular complexity index is 1020.